The van der Waals surface area contributed by atoms with Gasteiger partial charge in [0.05, 0.1) is 16.6 Å². The van der Waals surface area contributed by atoms with Crippen LogP contribution in [0.15, 0.2) is 12.3 Å². The third-order valence-corrected chi connectivity index (χ3v) is 2.76. The van der Waals surface area contributed by atoms with Crippen molar-refractivity contribution < 1.29 is 4.79 Å². The molecule has 15 heavy (non-hydrogen) atoms. The SMILES string of the molecule is Cn1nccc1NC(=O)C(C)(C)C(N)=S. The average molecular weight is 226 g/mol. The third-order valence-electron chi connectivity index (χ3n) is 2.25. The fraction of sp³-hybridized carbons (Fsp3) is 0.444. The molecule has 0 aliphatic rings. The van der Waals surface area contributed by atoms with E-state index in [-0.39, 0.29) is 10.9 Å². The molecule has 0 aromatic carbocycles. The van der Waals surface area contributed by atoms with Crippen molar-refractivity contribution in [3.63, 3.8) is 0 Å². The number of carbonyl (C=O) groups excluding carboxylic acids is 1. The van der Waals surface area contributed by atoms with Gasteiger partial charge in [-0.2, -0.15) is 5.10 Å². The molecule has 0 saturated heterocycles. The zero-order valence-electron chi connectivity index (χ0n) is 8.94. The Morgan fingerprint density at radius 3 is 2.67 bits per heavy atom. The van der Waals surface area contributed by atoms with Crippen LogP contribution in [0.1, 0.15) is 13.8 Å². The highest BCUT2D eigenvalue weighted by molar-refractivity contribution is 7.80. The first-order chi connectivity index (χ1) is 6.85. The van der Waals surface area contributed by atoms with Crippen LogP contribution in [-0.4, -0.2) is 20.7 Å². The molecule has 1 heterocycles. The van der Waals surface area contributed by atoms with Crippen molar-refractivity contribution in [2.45, 2.75) is 13.8 Å². The Labute approximate surface area is 93.6 Å². The molecule has 1 aromatic rings. The Bertz CT molecular complexity index is 397. The van der Waals surface area contributed by atoms with Crippen LogP contribution < -0.4 is 11.1 Å². The van der Waals surface area contributed by atoms with E-state index in [1.54, 1.807) is 37.8 Å². The summed E-state index contributed by atoms with van der Waals surface area (Å²) in [7, 11) is 1.74. The van der Waals surface area contributed by atoms with Gasteiger partial charge in [0.25, 0.3) is 0 Å². The van der Waals surface area contributed by atoms with Gasteiger partial charge in [-0.3, -0.25) is 9.48 Å². The number of nitrogens with two attached hydrogens (primary N) is 1. The van der Waals surface area contributed by atoms with Crippen LogP contribution in [0.5, 0.6) is 0 Å². The van der Waals surface area contributed by atoms with E-state index in [0.29, 0.717) is 5.82 Å². The summed E-state index contributed by atoms with van der Waals surface area (Å²) in [5.74, 6) is 0.378. The first-order valence-electron chi connectivity index (χ1n) is 4.45. The topological polar surface area (TPSA) is 72.9 Å². The molecule has 3 N–H and O–H groups in total. The molecule has 6 heteroatoms. The van der Waals surface area contributed by atoms with Crippen LogP contribution in [-0.2, 0) is 11.8 Å². The average Bonchev–Trinajstić information content (AvgIpc) is 2.51. The minimum atomic E-state index is -0.862. The number of amides is 1. The molecule has 1 aromatic heterocycles. The standard InChI is InChI=1S/C9H14N4OS/c1-9(2,7(10)15)8(14)12-6-4-5-11-13(6)3/h4-5H,1-3H3,(H2,10,15)(H,12,14). The van der Waals surface area contributed by atoms with Crippen LogP contribution in [0.4, 0.5) is 5.82 Å². The zero-order valence-corrected chi connectivity index (χ0v) is 9.76. The normalized spacial score (nSPS) is 11.1. The lowest BCUT2D eigenvalue weighted by atomic mass is 9.92. The van der Waals surface area contributed by atoms with Gasteiger partial charge in [-0.1, -0.05) is 12.2 Å². The van der Waals surface area contributed by atoms with Gasteiger partial charge >= 0.3 is 0 Å². The number of aromatic nitrogens is 2. The minimum Gasteiger partial charge on any atom is -0.392 e. The van der Waals surface area contributed by atoms with Crippen molar-refractivity contribution in [2.24, 2.45) is 18.2 Å². The monoisotopic (exact) mass is 226 g/mol. The number of nitrogens with zero attached hydrogens (tertiary/aromatic N) is 2. The predicted molar refractivity (Wildman–Crippen MR) is 62.4 cm³/mol. The minimum absolute atomic E-state index is 0.169. The lowest BCUT2D eigenvalue weighted by molar-refractivity contribution is -0.121. The first-order valence-corrected chi connectivity index (χ1v) is 4.86. The number of nitrogens with one attached hydrogen (secondary N) is 1. The lowest BCUT2D eigenvalue weighted by Gasteiger charge is -2.21. The highest BCUT2D eigenvalue weighted by Gasteiger charge is 2.31. The smallest absolute Gasteiger partial charge is 0.238 e. The molecule has 0 atom stereocenters. The van der Waals surface area contributed by atoms with Crippen molar-refractivity contribution in [1.82, 2.24) is 9.78 Å². The molecule has 0 bridgehead atoms. The van der Waals surface area contributed by atoms with Crippen molar-refractivity contribution in [1.29, 1.82) is 0 Å². The third kappa shape index (κ3) is 2.33. The summed E-state index contributed by atoms with van der Waals surface area (Å²) >= 11 is 4.83. The molecule has 0 aliphatic carbocycles. The van der Waals surface area contributed by atoms with Gasteiger partial charge in [0.15, 0.2) is 0 Å². The van der Waals surface area contributed by atoms with Gasteiger partial charge < -0.3 is 11.1 Å². The van der Waals surface area contributed by atoms with Gasteiger partial charge in [-0.25, -0.2) is 0 Å². The summed E-state index contributed by atoms with van der Waals surface area (Å²) in [5.41, 5.74) is 4.62. The van der Waals surface area contributed by atoms with Crippen LogP contribution in [0.2, 0.25) is 0 Å². The number of thiocarbonyl (C=S) groups is 1. The van der Waals surface area contributed by atoms with Crippen LogP contribution in [0, 0.1) is 5.41 Å². The molecular formula is C9H14N4OS. The summed E-state index contributed by atoms with van der Waals surface area (Å²) in [5, 5.41) is 6.64. The van der Waals surface area contributed by atoms with Crippen LogP contribution in [0.25, 0.3) is 0 Å². The van der Waals surface area contributed by atoms with E-state index in [1.165, 1.54) is 0 Å². The van der Waals surface area contributed by atoms with Gasteiger partial charge in [0.1, 0.15) is 5.82 Å². The van der Waals surface area contributed by atoms with Crippen molar-refractivity contribution in [3.8, 4) is 0 Å². The van der Waals surface area contributed by atoms with Gasteiger partial charge in [0.2, 0.25) is 5.91 Å². The molecule has 0 saturated carbocycles. The number of hydrogen-bond donors (Lipinski definition) is 2. The number of hydrogen-bond acceptors (Lipinski definition) is 3. The molecule has 0 aliphatic heterocycles. The Kier molecular flexibility index (Phi) is 3.09. The predicted octanol–water partition coefficient (Wildman–Crippen LogP) is 0.671. The largest absolute Gasteiger partial charge is 0.392 e. The van der Waals surface area contributed by atoms with E-state index in [4.69, 9.17) is 18.0 Å². The number of anilines is 1. The lowest BCUT2D eigenvalue weighted by Crippen LogP contribution is -2.41. The number of carbonyl (C=O) groups is 1. The fourth-order valence-corrected chi connectivity index (χ4v) is 0.974. The van der Waals surface area contributed by atoms with E-state index >= 15 is 0 Å². The molecule has 1 rings (SSSR count). The first kappa shape index (κ1) is 11.6. The Hall–Kier alpha value is -1.43. The van der Waals surface area contributed by atoms with E-state index in [9.17, 15) is 4.79 Å². The van der Waals surface area contributed by atoms with Gasteiger partial charge in [-0.05, 0) is 13.8 Å². The summed E-state index contributed by atoms with van der Waals surface area (Å²) < 4.78 is 1.56. The second-order valence-corrected chi connectivity index (χ2v) is 4.22. The van der Waals surface area contributed by atoms with Crippen LogP contribution >= 0.6 is 12.2 Å². The summed E-state index contributed by atoms with van der Waals surface area (Å²) in [6.45, 7) is 3.36. The molecule has 0 spiro atoms. The molecule has 0 unspecified atom stereocenters. The van der Waals surface area contributed by atoms with Gasteiger partial charge in [0, 0.05) is 13.1 Å². The van der Waals surface area contributed by atoms with E-state index in [0.717, 1.165) is 0 Å². The van der Waals surface area contributed by atoms with Crippen molar-refractivity contribution in [2.75, 3.05) is 5.32 Å². The second-order valence-electron chi connectivity index (χ2n) is 3.78. The molecule has 5 nitrogen and oxygen atoms in total. The zero-order chi connectivity index (χ0) is 11.6. The molecule has 82 valence electrons. The molecular weight excluding hydrogens is 212 g/mol. The maximum Gasteiger partial charge on any atom is 0.238 e. The van der Waals surface area contributed by atoms with E-state index < -0.39 is 5.41 Å². The Morgan fingerprint density at radius 2 is 2.27 bits per heavy atom. The molecule has 0 fully saturated rings. The summed E-state index contributed by atoms with van der Waals surface area (Å²) in [6.07, 6.45) is 1.60. The van der Waals surface area contributed by atoms with Crippen molar-refractivity contribution in [3.05, 3.63) is 12.3 Å². The molecule has 1 amide bonds. The number of rotatable bonds is 3. The number of aryl methyl sites for hydroxylation is 1. The quantitative estimate of drug-likeness (QED) is 0.743. The van der Waals surface area contributed by atoms with E-state index in [1.807, 2.05) is 0 Å². The Morgan fingerprint density at radius 1 is 1.67 bits per heavy atom. The maximum absolute atomic E-state index is 11.8. The fourth-order valence-electron chi connectivity index (χ4n) is 0.881. The molecule has 0 radical (unpaired) electrons. The summed E-state index contributed by atoms with van der Waals surface area (Å²) in [6, 6.07) is 1.70. The van der Waals surface area contributed by atoms with Crippen molar-refractivity contribution >= 4 is 28.9 Å². The van der Waals surface area contributed by atoms with Gasteiger partial charge in [-0.15, -0.1) is 0 Å². The summed E-state index contributed by atoms with van der Waals surface area (Å²) in [4.78, 5) is 12.0. The van der Waals surface area contributed by atoms with E-state index in [2.05, 4.69) is 10.4 Å². The van der Waals surface area contributed by atoms with Crippen LogP contribution in [0.3, 0.4) is 0 Å². The highest BCUT2D eigenvalue weighted by atomic mass is 32.1. The second kappa shape index (κ2) is 3.98. The Balaban J connectivity index is 2.81. The highest BCUT2D eigenvalue weighted by Crippen LogP contribution is 2.18. The maximum atomic E-state index is 11.8.